The van der Waals surface area contributed by atoms with Crippen LogP contribution in [0.4, 0.5) is 10.6 Å². The van der Waals surface area contributed by atoms with Crippen molar-refractivity contribution in [2.75, 3.05) is 18.6 Å². The van der Waals surface area contributed by atoms with Gasteiger partial charge in [-0.25, -0.2) is 14.8 Å². The lowest BCUT2D eigenvalue weighted by Crippen LogP contribution is -2.35. The number of methoxy groups -OCH3 is 1. The molecular formula is C29H27N5O5. The Morgan fingerprint density at radius 2 is 1.87 bits per heavy atom. The Bertz CT molecular complexity index is 1520. The van der Waals surface area contributed by atoms with Gasteiger partial charge in [-0.2, -0.15) is 5.26 Å². The fourth-order valence-corrected chi connectivity index (χ4v) is 4.18. The minimum atomic E-state index is -0.678. The second kappa shape index (κ2) is 12.5. The molecular weight excluding hydrogens is 498 g/mol. The van der Waals surface area contributed by atoms with E-state index in [1.54, 1.807) is 42.6 Å². The van der Waals surface area contributed by atoms with E-state index >= 15 is 0 Å². The molecule has 0 spiro atoms. The summed E-state index contributed by atoms with van der Waals surface area (Å²) in [6.07, 6.45) is 5.23. The first-order valence-electron chi connectivity index (χ1n) is 12.3. The highest BCUT2D eigenvalue weighted by molar-refractivity contribution is 6.08. The molecule has 10 heteroatoms. The predicted octanol–water partition coefficient (Wildman–Crippen LogP) is 4.61. The number of aryl methyl sites for hydroxylation is 2. The molecule has 0 N–H and O–H groups in total. The Kier molecular flexibility index (Phi) is 8.64. The summed E-state index contributed by atoms with van der Waals surface area (Å²) in [7, 11) is 3.16. The number of hydrogen-bond donors (Lipinski definition) is 0. The average molecular weight is 526 g/mol. The highest BCUT2D eigenvalue weighted by Gasteiger charge is 2.21. The third kappa shape index (κ3) is 6.64. The van der Waals surface area contributed by atoms with E-state index in [2.05, 4.69) is 20.8 Å². The standard InChI is InChI=1S/C29H27N5O5/c1-33-18-24(26(35)12-9-20-5-7-21(17-30)8-6-20)23-16-22(10-11-25(23)33)39-29(37)34(15-3-4-28(36)38-2)27-13-14-31-19-32-27/h5-8,10-11,13-14,16,18-19H,3-4,9,12,15H2,1-2H3. The highest BCUT2D eigenvalue weighted by Crippen LogP contribution is 2.28. The Morgan fingerprint density at radius 1 is 1.08 bits per heavy atom. The van der Waals surface area contributed by atoms with Crippen LogP contribution in [0.5, 0.6) is 5.75 Å². The zero-order valence-electron chi connectivity index (χ0n) is 21.7. The largest absolute Gasteiger partial charge is 0.469 e. The van der Waals surface area contributed by atoms with E-state index in [9.17, 15) is 14.4 Å². The maximum Gasteiger partial charge on any atom is 0.420 e. The second-order valence-electron chi connectivity index (χ2n) is 8.83. The van der Waals surface area contributed by atoms with Crippen molar-refractivity contribution >= 4 is 34.6 Å². The zero-order chi connectivity index (χ0) is 27.8. The predicted molar refractivity (Wildman–Crippen MR) is 143 cm³/mol. The Balaban J connectivity index is 1.51. The summed E-state index contributed by atoms with van der Waals surface area (Å²) >= 11 is 0. The molecule has 0 fully saturated rings. The van der Waals surface area contributed by atoms with Gasteiger partial charge in [0.2, 0.25) is 0 Å². The lowest BCUT2D eigenvalue weighted by molar-refractivity contribution is -0.140. The Morgan fingerprint density at radius 3 is 2.56 bits per heavy atom. The number of rotatable bonds is 10. The second-order valence-corrected chi connectivity index (χ2v) is 8.83. The SMILES string of the molecule is COC(=O)CCCN(C(=O)Oc1ccc2c(c1)c(C(=O)CCc1ccc(C#N)cc1)cn2C)c1ccncn1. The monoisotopic (exact) mass is 525 g/mol. The molecule has 0 unspecified atom stereocenters. The van der Waals surface area contributed by atoms with Crippen molar-refractivity contribution in [2.24, 2.45) is 7.05 Å². The molecule has 0 aliphatic carbocycles. The van der Waals surface area contributed by atoms with Gasteiger partial charge >= 0.3 is 12.1 Å². The van der Waals surface area contributed by atoms with Crippen molar-refractivity contribution in [1.29, 1.82) is 5.26 Å². The lowest BCUT2D eigenvalue weighted by Gasteiger charge is -2.20. The highest BCUT2D eigenvalue weighted by atomic mass is 16.6. The van der Waals surface area contributed by atoms with Gasteiger partial charge in [-0.15, -0.1) is 0 Å². The minimum absolute atomic E-state index is 0.0427. The van der Waals surface area contributed by atoms with Gasteiger partial charge < -0.3 is 14.0 Å². The van der Waals surface area contributed by atoms with Gasteiger partial charge in [0.1, 0.15) is 17.9 Å². The number of esters is 1. The number of fused-ring (bicyclic) bond motifs is 1. The molecule has 4 rings (SSSR count). The minimum Gasteiger partial charge on any atom is -0.469 e. The molecule has 4 aromatic rings. The van der Waals surface area contributed by atoms with Crippen molar-refractivity contribution in [3.63, 3.8) is 0 Å². The summed E-state index contributed by atoms with van der Waals surface area (Å²) in [6, 6.07) is 16.0. The van der Waals surface area contributed by atoms with Crippen LogP contribution in [0.25, 0.3) is 10.9 Å². The number of nitriles is 1. The van der Waals surface area contributed by atoms with Crippen LogP contribution in [0.3, 0.4) is 0 Å². The van der Waals surface area contributed by atoms with Gasteiger partial charge in [0.05, 0.1) is 18.7 Å². The maximum atomic E-state index is 13.2. The first-order chi connectivity index (χ1) is 18.9. The van der Waals surface area contributed by atoms with Gasteiger partial charge in [0.25, 0.3) is 0 Å². The summed E-state index contributed by atoms with van der Waals surface area (Å²) in [6.45, 7) is 0.178. The number of benzene rings is 2. The summed E-state index contributed by atoms with van der Waals surface area (Å²) < 4.78 is 12.2. The summed E-state index contributed by atoms with van der Waals surface area (Å²) in [4.78, 5) is 47.2. The quantitative estimate of drug-likeness (QED) is 0.217. The number of carbonyl (C=O) groups is 3. The first-order valence-corrected chi connectivity index (χ1v) is 12.3. The van der Waals surface area contributed by atoms with E-state index in [-0.39, 0.29) is 36.9 Å². The molecule has 0 radical (unpaired) electrons. The number of Topliss-reactive ketones (excluding diaryl/α,β-unsaturated/α-hetero) is 1. The van der Waals surface area contributed by atoms with Gasteiger partial charge in [-0.05, 0) is 54.8 Å². The van der Waals surface area contributed by atoms with Crippen molar-refractivity contribution in [3.8, 4) is 11.8 Å². The molecule has 2 aromatic heterocycles. The molecule has 2 heterocycles. The third-order valence-electron chi connectivity index (χ3n) is 6.24. The number of ketones is 1. The van der Waals surface area contributed by atoms with Gasteiger partial charge in [-0.3, -0.25) is 14.5 Å². The van der Waals surface area contributed by atoms with Gasteiger partial charge in [-0.1, -0.05) is 12.1 Å². The average Bonchev–Trinajstić information content (AvgIpc) is 3.30. The molecule has 2 aromatic carbocycles. The molecule has 0 aliphatic rings. The number of carbonyl (C=O) groups excluding carboxylic acids is 3. The molecule has 39 heavy (non-hydrogen) atoms. The fraction of sp³-hybridized carbons (Fsp3) is 0.241. The molecule has 0 saturated carbocycles. The van der Waals surface area contributed by atoms with Crippen molar-refractivity contribution in [1.82, 2.24) is 14.5 Å². The van der Waals surface area contributed by atoms with Crippen LogP contribution >= 0.6 is 0 Å². The smallest absolute Gasteiger partial charge is 0.420 e. The summed E-state index contributed by atoms with van der Waals surface area (Å²) in [5.41, 5.74) is 2.89. The summed E-state index contributed by atoms with van der Waals surface area (Å²) in [5, 5.41) is 9.64. The summed E-state index contributed by atoms with van der Waals surface area (Å²) in [5.74, 6) is 0.182. The number of nitrogens with zero attached hydrogens (tertiary/aromatic N) is 5. The first kappa shape index (κ1) is 27.0. The van der Waals surface area contributed by atoms with Crippen LogP contribution in [0.15, 0.2) is 67.3 Å². The van der Waals surface area contributed by atoms with Crippen LogP contribution in [0.1, 0.15) is 40.7 Å². The molecule has 0 saturated heterocycles. The number of anilines is 1. The van der Waals surface area contributed by atoms with Crippen molar-refractivity contribution in [3.05, 3.63) is 83.9 Å². The van der Waals surface area contributed by atoms with E-state index < -0.39 is 6.09 Å². The normalized spacial score (nSPS) is 10.6. The van der Waals surface area contributed by atoms with Crippen LogP contribution < -0.4 is 9.64 Å². The van der Waals surface area contributed by atoms with Gasteiger partial charge in [0, 0.05) is 55.3 Å². The molecule has 0 atom stereocenters. The van der Waals surface area contributed by atoms with E-state index in [0.29, 0.717) is 35.2 Å². The number of ether oxygens (including phenoxy) is 2. The van der Waals surface area contributed by atoms with Gasteiger partial charge in [0.15, 0.2) is 5.78 Å². The number of aromatic nitrogens is 3. The number of amides is 1. The molecule has 10 nitrogen and oxygen atoms in total. The van der Waals surface area contributed by atoms with E-state index in [1.807, 2.05) is 23.7 Å². The van der Waals surface area contributed by atoms with Crippen molar-refractivity contribution < 1.29 is 23.9 Å². The van der Waals surface area contributed by atoms with Crippen molar-refractivity contribution in [2.45, 2.75) is 25.7 Å². The van der Waals surface area contributed by atoms with Crippen LogP contribution in [-0.4, -0.2) is 46.0 Å². The van der Waals surface area contributed by atoms with E-state index in [0.717, 1.165) is 11.1 Å². The number of hydrogen-bond acceptors (Lipinski definition) is 8. The Hall–Kier alpha value is -5.04. The van der Waals surface area contributed by atoms with E-state index in [1.165, 1.54) is 24.5 Å². The molecule has 0 aliphatic heterocycles. The van der Waals surface area contributed by atoms with Crippen LogP contribution in [0.2, 0.25) is 0 Å². The van der Waals surface area contributed by atoms with Crippen LogP contribution in [-0.2, 0) is 23.0 Å². The molecule has 0 bridgehead atoms. The van der Waals surface area contributed by atoms with Crippen LogP contribution in [0, 0.1) is 11.3 Å². The lowest BCUT2D eigenvalue weighted by atomic mass is 10.0. The third-order valence-corrected chi connectivity index (χ3v) is 6.24. The van der Waals surface area contributed by atoms with E-state index in [4.69, 9.17) is 10.00 Å². The fourth-order valence-electron chi connectivity index (χ4n) is 4.18. The topological polar surface area (TPSA) is 127 Å². The molecule has 198 valence electrons. The Labute approximate surface area is 225 Å². The zero-order valence-corrected chi connectivity index (χ0v) is 21.7. The maximum absolute atomic E-state index is 13.2. The molecule has 1 amide bonds.